The van der Waals surface area contributed by atoms with Crippen molar-refractivity contribution in [1.82, 2.24) is 15.0 Å². The van der Waals surface area contributed by atoms with E-state index in [0.717, 1.165) is 32.1 Å². The lowest BCUT2D eigenvalue weighted by atomic mass is 10.2. The smallest absolute Gasteiger partial charge is 0.141 e. The van der Waals surface area contributed by atoms with Crippen LogP contribution < -0.4 is 15.4 Å². The summed E-state index contributed by atoms with van der Waals surface area (Å²) < 4.78 is 20.8. The molecule has 0 aliphatic rings. The summed E-state index contributed by atoms with van der Waals surface area (Å²) >= 11 is 1.61. The quantitative estimate of drug-likeness (QED) is 0.382. The maximum atomic E-state index is 14.1. The number of hydrogen-bond donors (Lipinski definition) is 1. The number of methoxy groups -OCH3 is 1. The molecule has 0 saturated heterocycles. The van der Waals surface area contributed by atoms with Crippen LogP contribution in [0.5, 0.6) is 5.75 Å². The third-order valence-electron chi connectivity index (χ3n) is 5.44. The van der Waals surface area contributed by atoms with Gasteiger partial charge in [0.2, 0.25) is 0 Å². The minimum Gasteiger partial charge on any atom is -0.496 e. The van der Waals surface area contributed by atoms with Gasteiger partial charge in [-0.3, -0.25) is 0 Å². The van der Waals surface area contributed by atoms with Gasteiger partial charge in [0.05, 0.1) is 33.7 Å². The maximum Gasteiger partial charge on any atom is 0.141 e. The molecule has 0 atom stereocenters. The number of benzene rings is 2. The van der Waals surface area contributed by atoms with Crippen molar-refractivity contribution in [1.29, 1.82) is 0 Å². The highest BCUT2D eigenvalue weighted by molar-refractivity contribution is 7.73. The third kappa shape index (κ3) is 3.46. The fraction of sp³-hybridized carbons (Fsp3) is 0.318. The summed E-state index contributed by atoms with van der Waals surface area (Å²) in [4.78, 5) is 13.3. The number of fused-ring (bicyclic) bond motifs is 2. The van der Waals surface area contributed by atoms with Crippen molar-refractivity contribution in [2.75, 3.05) is 12.4 Å². The maximum absolute atomic E-state index is 14.1. The van der Waals surface area contributed by atoms with E-state index in [4.69, 9.17) is 4.74 Å². The zero-order chi connectivity index (χ0) is 21.5. The zero-order valence-electron chi connectivity index (χ0n) is 17.7. The zero-order valence-corrected chi connectivity index (χ0v) is 19.4. The van der Waals surface area contributed by atoms with E-state index in [1.165, 1.54) is 6.33 Å². The minimum absolute atomic E-state index is 0.00281. The highest BCUT2D eigenvalue weighted by Gasteiger charge is 2.35. The number of ether oxygens (including phenoxy) is 1. The first kappa shape index (κ1) is 20.8. The van der Waals surface area contributed by atoms with Crippen LogP contribution in [0, 0.1) is 0 Å². The van der Waals surface area contributed by atoms with E-state index in [2.05, 4.69) is 20.3 Å². The van der Waals surface area contributed by atoms with Crippen LogP contribution in [0.3, 0.4) is 0 Å². The van der Waals surface area contributed by atoms with Gasteiger partial charge in [-0.1, -0.05) is 27.7 Å². The summed E-state index contributed by atoms with van der Waals surface area (Å²) in [6.45, 7) is 8.03. The number of hydrogen-bond acceptors (Lipinski definition) is 7. The molecule has 2 aromatic carbocycles. The summed E-state index contributed by atoms with van der Waals surface area (Å²) in [6.07, 6.45) is 1.52. The van der Waals surface area contributed by atoms with Crippen molar-refractivity contribution >= 4 is 56.4 Å². The Morgan fingerprint density at radius 3 is 2.47 bits per heavy atom. The molecule has 1 N–H and O–H groups in total. The largest absolute Gasteiger partial charge is 0.496 e. The molecule has 2 heterocycles. The van der Waals surface area contributed by atoms with Gasteiger partial charge in [-0.25, -0.2) is 15.0 Å². The van der Waals surface area contributed by atoms with Gasteiger partial charge in [-0.15, -0.1) is 11.3 Å². The molecule has 0 spiro atoms. The Hall–Kier alpha value is -2.50. The molecular weight excluding hydrogens is 415 g/mol. The van der Waals surface area contributed by atoms with E-state index in [1.54, 1.807) is 18.4 Å². The minimum atomic E-state index is -2.72. The fourth-order valence-electron chi connectivity index (χ4n) is 3.83. The summed E-state index contributed by atoms with van der Waals surface area (Å²) in [5, 5.41) is 4.95. The Kier molecular flexibility index (Phi) is 5.51. The fourth-order valence-corrected chi connectivity index (χ4v) is 7.63. The molecule has 2 aromatic heterocycles. The van der Waals surface area contributed by atoms with Crippen molar-refractivity contribution in [3.8, 4) is 5.75 Å². The molecule has 0 radical (unpaired) electrons. The van der Waals surface area contributed by atoms with Gasteiger partial charge in [0.15, 0.2) is 0 Å². The van der Waals surface area contributed by atoms with E-state index in [-0.39, 0.29) is 11.3 Å². The molecule has 0 saturated carbocycles. The second-order valence-electron chi connectivity index (χ2n) is 7.82. The SMILES string of the molecule is COc1cc2ncnc(Nc3ccc4scnc4c3)c2cc1P(=O)(C(C)C)C(C)C. The first-order valence-electron chi connectivity index (χ1n) is 9.87. The highest BCUT2D eigenvalue weighted by Crippen LogP contribution is 2.56. The predicted octanol–water partition coefficient (Wildman–Crippen LogP) is 5.80. The average molecular weight is 441 g/mol. The van der Waals surface area contributed by atoms with Crippen molar-refractivity contribution < 1.29 is 9.30 Å². The van der Waals surface area contributed by atoms with E-state index in [9.17, 15) is 4.57 Å². The molecule has 4 rings (SSSR count). The summed E-state index contributed by atoms with van der Waals surface area (Å²) in [6, 6.07) is 9.85. The molecule has 156 valence electrons. The lowest BCUT2D eigenvalue weighted by Gasteiger charge is -2.28. The monoisotopic (exact) mass is 440 g/mol. The van der Waals surface area contributed by atoms with Gasteiger partial charge in [-0.2, -0.15) is 0 Å². The lowest BCUT2D eigenvalue weighted by molar-refractivity contribution is 0.418. The highest BCUT2D eigenvalue weighted by atomic mass is 32.1. The van der Waals surface area contributed by atoms with Crippen molar-refractivity contribution in [2.24, 2.45) is 0 Å². The van der Waals surface area contributed by atoms with Gasteiger partial charge in [0.25, 0.3) is 0 Å². The Bertz CT molecular complexity index is 1260. The number of aromatic nitrogens is 3. The average Bonchev–Trinajstić information content (AvgIpc) is 3.20. The number of thiazole rings is 1. The van der Waals surface area contributed by atoms with E-state index in [1.807, 2.05) is 63.5 Å². The van der Waals surface area contributed by atoms with Crippen molar-refractivity contribution in [2.45, 2.75) is 39.0 Å². The molecule has 8 heteroatoms. The first-order chi connectivity index (χ1) is 14.3. The lowest BCUT2D eigenvalue weighted by Crippen LogP contribution is -2.21. The molecule has 0 aliphatic heterocycles. The van der Waals surface area contributed by atoms with E-state index < -0.39 is 7.14 Å². The third-order valence-corrected chi connectivity index (χ3v) is 10.4. The number of nitrogens with zero attached hydrogens (tertiary/aromatic N) is 3. The van der Waals surface area contributed by atoms with Gasteiger partial charge >= 0.3 is 0 Å². The number of rotatable bonds is 6. The Labute approximate surface area is 180 Å². The molecule has 0 amide bonds. The van der Waals surface area contributed by atoms with E-state index >= 15 is 0 Å². The first-order valence-corrected chi connectivity index (χ1v) is 12.6. The topological polar surface area (TPSA) is 77.0 Å². The van der Waals surface area contributed by atoms with Crippen LogP contribution in [0.1, 0.15) is 27.7 Å². The van der Waals surface area contributed by atoms with Crippen LogP contribution in [-0.2, 0) is 4.57 Å². The van der Waals surface area contributed by atoms with Gasteiger partial charge in [-0.05, 0) is 24.3 Å². The standard InChI is InChI=1S/C22H25N4O2PS/c1-13(2)29(27,14(3)4)20-9-16-17(10-19(20)28-5)23-11-24-22(16)26-15-6-7-21-18(8-15)25-12-30-21/h6-14H,1-5H3,(H,23,24,26). The van der Waals surface area contributed by atoms with Crippen LogP contribution in [0.4, 0.5) is 11.5 Å². The van der Waals surface area contributed by atoms with Crippen molar-refractivity contribution in [3.05, 3.63) is 42.2 Å². The molecule has 0 fully saturated rings. The number of nitrogens with one attached hydrogen (secondary N) is 1. The van der Waals surface area contributed by atoms with E-state index in [0.29, 0.717) is 11.6 Å². The Morgan fingerprint density at radius 1 is 1.00 bits per heavy atom. The summed E-state index contributed by atoms with van der Waals surface area (Å²) in [5.74, 6) is 1.28. The molecule has 30 heavy (non-hydrogen) atoms. The second kappa shape index (κ2) is 7.97. The Morgan fingerprint density at radius 2 is 1.77 bits per heavy atom. The molecule has 4 aromatic rings. The Balaban J connectivity index is 1.88. The molecule has 0 aliphatic carbocycles. The van der Waals surface area contributed by atoms with Gasteiger partial charge in [0.1, 0.15) is 25.0 Å². The van der Waals surface area contributed by atoms with Crippen LogP contribution in [-0.4, -0.2) is 33.4 Å². The van der Waals surface area contributed by atoms with Gasteiger partial charge in [0, 0.05) is 28.5 Å². The summed E-state index contributed by atoms with van der Waals surface area (Å²) in [5.41, 5.74) is 4.40. The van der Waals surface area contributed by atoms with Crippen LogP contribution in [0.25, 0.3) is 21.1 Å². The second-order valence-corrected chi connectivity index (χ2v) is 12.7. The van der Waals surface area contributed by atoms with Crippen LogP contribution in [0.15, 0.2) is 42.2 Å². The summed E-state index contributed by atoms with van der Waals surface area (Å²) in [7, 11) is -1.11. The number of anilines is 2. The molecule has 6 nitrogen and oxygen atoms in total. The van der Waals surface area contributed by atoms with Gasteiger partial charge < -0.3 is 14.6 Å². The molecule has 0 unspecified atom stereocenters. The van der Waals surface area contributed by atoms with Crippen LogP contribution in [0.2, 0.25) is 0 Å². The molecular formula is C22H25N4O2PS. The normalized spacial score (nSPS) is 12.2. The molecule has 0 bridgehead atoms. The predicted molar refractivity (Wildman–Crippen MR) is 127 cm³/mol. The van der Waals surface area contributed by atoms with Crippen LogP contribution >= 0.6 is 18.5 Å². The van der Waals surface area contributed by atoms with Crippen molar-refractivity contribution in [3.63, 3.8) is 0 Å².